The van der Waals surface area contributed by atoms with Gasteiger partial charge in [-0.3, -0.25) is 9.69 Å². The van der Waals surface area contributed by atoms with Crippen LogP contribution in [-0.4, -0.2) is 73.2 Å². The Labute approximate surface area is 249 Å². The Kier molecular flexibility index (Phi) is 17.7. The molecule has 1 aliphatic rings. The molecular weight excluding hydrogens is 514 g/mol. The number of nitrogens with one attached hydrogen (secondary N) is 1. The van der Waals surface area contributed by atoms with Crippen LogP contribution in [-0.2, 0) is 16.1 Å². The maximum atomic E-state index is 13.1. The summed E-state index contributed by atoms with van der Waals surface area (Å²) in [7, 11) is 1.38. The molecule has 1 heterocycles. The van der Waals surface area contributed by atoms with Gasteiger partial charge in [-0.25, -0.2) is 4.79 Å². The van der Waals surface area contributed by atoms with E-state index in [-0.39, 0.29) is 5.91 Å². The number of ether oxygens (including phenoxy) is 2. The number of piperidine rings is 1. The molecule has 0 spiro atoms. The molecule has 0 aromatic heterocycles. The van der Waals surface area contributed by atoms with Crippen molar-refractivity contribution in [3.8, 4) is 5.75 Å². The van der Waals surface area contributed by atoms with Crippen molar-refractivity contribution in [3.05, 3.63) is 65.7 Å². The Morgan fingerprint density at radius 2 is 1.56 bits per heavy atom. The molecule has 0 unspecified atom stereocenters. The monoisotopic (exact) mass is 569 g/mol. The van der Waals surface area contributed by atoms with Gasteiger partial charge in [-0.2, -0.15) is 0 Å². The van der Waals surface area contributed by atoms with E-state index < -0.39 is 11.5 Å². The number of hydrogen-bond acceptors (Lipinski definition) is 6. The van der Waals surface area contributed by atoms with E-state index in [1.807, 2.05) is 58.0 Å². The van der Waals surface area contributed by atoms with Crippen molar-refractivity contribution in [2.45, 2.75) is 92.3 Å². The van der Waals surface area contributed by atoms with E-state index in [1.165, 1.54) is 12.7 Å². The van der Waals surface area contributed by atoms with Gasteiger partial charge in [0, 0.05) is 37.8 Å². The van der Waals surface area contributed by atoms with Crippen molar-refractivity contribution >= 4 is 11.9 Å². The molecule has 7 nitrogen and oxygen atoms in total. The van der Waals surface area contributed by atoms with Crippen LogP contribution in [0.1, 0.15) is 90.1 Å². The van der Waals surface area contributed by atoms with Gasteiger partial charge in [0.25, 0.3) is 5.91 Å². The summed E-state index contributed by atoms with van der Waals surface area (Å²) in [6, 6.07) is 17.9. The molecule has 1 amide bonds. The van der Waals surface area contributed by atoms with E-state index in [9.17, 15) is 9.59 Å². The minimum atomic E-state index is -1.02. The van der Waals surface area contributed by atoms with Gasteiger partial charge in [0.05, 0.1) is 13.7 Å². The highest BCUT2D eigenvalue weighted by atomic mass is 16.5. The second-order valence-electron chi connectivity index (χ2n) is 10.1. The normalized spacial score (nSPS) is 14.3. The van der Waals surface area contributed by atoms with Gasteiger partial charge < -0.3 is 19.7 Å². The number of likely N-dealkylation sites (tertiary alicyclic amines) is 1. The van der Waals surface area contributed by atoms with Crippen LogP contribution in [0.15, 0.2) is 54.6 Å². The molecule has 2 aromatic rings. The van der Waals surface area contributed by atoms with E-state index >= 15 is 0 Å². The van der Waals surface area contributed by atoms with Crippen LogP contribution in [0.4, 0.5) is 0 Å². The lowest BCUT2D eigenvalue weighted by atomic mass is 9.86. The number of carbonyl (C=O) groups is 2. The van der Waals surface area contributed by atoms with Crippen molar-refractivity contribution < 1.29 is 19.1 Å². The third kappa shape index (κ3) is 11.9. The van der Waals surface area contributed by atoms with Gasteiger partial charge in [0.15, 0.2) is 0 Å². The zero-order chi connectivity index (χ0) is 30.7. The first-order valence-corrected chi connectivity index (χ1v) is 15.5. The summed E-state index contributed by atoms with van der Waals surface area (Å²) in [4.78, 5) is 30.6. The minimum Gasteiger partial charge on any atom is -0.494 e. The smallest absolute Gasteiger partial charge is 0.331 e. The Bertz CT molecular complexity index is 971. The molecule has 2 aromatic carbocycles. The van der Waals surface area contributed by atoms with Gasteiger partial charge in [-0.15, -0.1) is 0 Å². The quantitative estimate of drug-likeness (QED) is 0.217. The molecule has 230 valence electrons. The third-order valence-electron chi connectivity index (χ3n) is 7.10. The molecule has 1 fully saturated rings. The van der Waals surface area contributed by atoms with Crippen LogP contribution in [0.3, 0.4) is 0 Å². The number of nitrogens with zero attached hydrogens (tertiary/aromatic N) is 2. The first-order valence-electron chi connectivity index (χ1n) is 15.5. The third-order valence-corrected chi connectivity index (χ3v) is 7.10. The summed E-state index contributed by atoms with van der Waals surface area (Å²) in [5.74, 6) is 0.0688. The SMILES string of the molecule is CC.CC.CCCN(CCCOc1ccc(C(=O)NC2(C(=O)OC)CCN(Cc3ccccc3)CC2)cc1)C(C)C. The van der Waals surface area contributed by atoms with Crippen molar-refractivity contribution in [2.75, 3.05) is 39.9 Å². The standard InChI is InChI=1S/C30H43N3O4.2C2H6/c1-5-18-33(24(2)3)19-9-22-37-27-14-12-26(13-15-27)28(34)31-30(29(35)36-4)16-20-32(21-17-30)23-25-10-7-6-8-11-25;2*1-2/h6-8,10-15,24H,5,9,16-23H2,1-4H3,(H,31,34);2*1-2H3. The summed E-state index contributed by atoms with van der Waals surface area (Å²) >= 11 is 0. The van der Waals surface area contributed by atoms with E-state index in [4.69, 9.17) is 9.47 Å². The number of rotatable bonds is 13. The van der Waals surface area contributed by atoms with Gasteiger partial charge in [-0.05, 0) is 75.9 Å². The highest BCUT2D eigenvalue weighted by Crippen LogP contribution is 2.26. The Morgan fingerprint density at radius 1 is 0.951 bits per heavy atom. The topological polar surface area (TPSA) is 71.1 Å². The van der Waals surface area contributed by atoms with Crippen molar-refractivity contribution in [3.63, 3.8) is 0 Å². The summed E-state index contributed by atoms with van der Waals surface area (Å²) in [6.07, 6.45) is 3.10. The van der Waals surface area contributed by atoms with Gasteiger partial charge in [0.2, 0.25) is 0 Å². The second kappa shape index (κ2) is 20.1. The summed E-state index contributed by atoms with van der Waals surface area (Å²) < 4.78 is 11.0. The van der Waals surface area contributed by atoms with Crippen LogP contribution >= 0.6 is 0 Å². The number of amides is 1. The molecular formula is C34H55N3O4. The zero-order valence-electron chi connectivity index (χ0n) is 26.9. The molecule has 1 N–H and O–H groups in total. The summed E-state index contributed by atoms with van der Waals surface area (Å²) in [5, 5.41) is 3.00. The van der Waals surface area contributed by atoms with Crippen LogP contribution in [0.5, 0.6) is 5.75 Å². The van der Waals surface area contributed by atoms with Gasteiger partial charge in [0.1, 0.15) is 11.3 Å². The van der Waals surface area contributed by atoms with E-state index in [0.717, 1.165) is 38.2 Å². The number of carbonyl (C=O) groups excluding carboxylic acids is 2. The molecule has 0 bridgehead atoms. The summed E-state index contributed by atoms with van der Waals surface area (Å²) in [6.45, 7) is 19.6. The lowest BCUT2D eigenvalue weighted by Crippen LogP contribution is -2.60. The Balaban J connectivity index is 0.00000201. The van der Waals surface area contributed by atoms with E-state index in [1.54, 1.807) is 12.1 Å². The fourth-order valence-electron chi connectivity index (χ4n) is 4.88. The molecule has 7 heteroatoms. The molecule has 1 saturated heterocycles. The average Bonchev–Trinajstić information content (AvgIpc) is 3.02. The van der Waals surface area contributed by atoms with E-state index in [0.29, 0.717) is 44.1 Å². The number of methoxy groups -OCH3 is 1. The van der Waals surface area contributed by atoms with Crippen LogP contribution in [0.2, 0.25) is 0 Å². The highest BCUT2D eigenvalue weighted by Gasteiger charge is 2.43. The average molecular weight is 570 g/mol. The Hall–Kier alpha value is -2.90. The maximum absolute atomic E-state index is 13.1. The molecule has 0 aliphatic carbocycles. The second-order valence-corrected chi connectivity index (χ2v) is 10.1. The largest absolute Gasteiger partial charge is 0.494 e. The predicted octanol–water partition coefficient (Wildman–Crippen LogP) is 6.57. The van der Waals surface area contributed by atoms with Crippen LogP contribution < -0.4 is 10.1 Å². The molecule has 0 saturated carbocycles. The van der Waals surface area contributed by atoms with Crippen molar-refractivity contribution in [1.82, 2.24) is 15.1 Å². The fraction of sp³-hybridized carbons (Fsp3) is 0.588. The van der Waals surface area contributed by atoms with Gasteiger partial charge >= 0.3 is 5.97 Å². The first kappa shape index (κ1) is 36.1. The molecule has 0 atom stereocenters. The van der Waals surface area contributed by atoms with Crippen molar-refractivity contribution in [1.29, 1.82) is 0 Å². The molecule has 1 aliphatic heterocycles. The molecule has 41 heavy (non-hydrogen) atoms. The summed E-state index contributed by atoms with van der Waals surface area (Å²) in [5.41, 5.74) is 0.712. The number of esters is 1. The fourth-order valence-corrected chi connectivity index (χ4v) is 4.88. The van der Waals surface area contributed by atoms with Crippen molar-refractivity contribution in [2.24, 2.45) is 0 Å². The number of hydrogen-bond donors (Lipinski definition) is 1. The van der Waals surface area contributed by atoms with Crippen LogP contribution in [0.25, 0.3) is 0 Å². The maximum Gasteiger partial charge on any atom is 0.331 e. The lowest BCUT2D eigenvalue weighted by Gasteiger charge is -2.40. The Morgan fingerprint density at radius 3 is 2.10 bits per heavy atom. The lowest BCUT2D eigenvalue weighted by molar-refractivity contribution is -0.150. The predicted molar refractivity (Wildman–Crippen MR) is 169 cm³/mol. The number of benzene rings is 2. The minimum absolute atomic E-state index is 0.277. The van der Waals surface area contributed by atoms with E-state index in [2.05, 4.69) is 48.0 Å². The molecule has 3 rings (SSSR count). The van der Waals surface area contributed by atoms with Gasteiger partial charge in [-0.1, -0.05) is 65.0 Å². The highest BCUT2D eigenvalue weighted by molar-refractivity contribution is 5.98. The first-order chi connectivity index (χ1) is 19.9. The molecule has 0 radical (unpaired) electrons. The van der Waals surface area contributed by atoms with Crippen LogP contribution in [0, 0.1) is 0 Å². The zero-order valence-corrected chi connectivity index (χ0v) is 26.9.